The van der Waals surface area contributed by atoms with Gasteiger partial charge in [-0.3, -0.25) is 0 Å². The van der Waals surface area contributed by atoms with Crippen LogP contribution in [0.1, 0.15) is 0 Å². The van der Waals surface area contributed by atoms with E-state index in [0.717, 1.165) is 0 Å². The van der Waals surface area contributed by atoms with Crippen LogP contribution in [0.4, 0.5) is 17.1 Å². The SMILES string of the molecule is CN=Nc1ccccc1[N+]([O-])=Nc1ccccc1. The average molecular weight is 240 g/mol. The van der Waals surface area contributed by atoms with Crippen LogP contribution in [0.5, 0.6) is 0 Å². The Labute approximate surface area is 105 Å². The van der Waals surface area contributed by atoms with Crippen molar-refractivity contribution in [3.63, 3.8) is 0 Å². The number of benzene rings is 2. The predicted octanol–water partition coefficient (Wildman–Crippen LogP) is 4.33. The summed E-state index contributed by atoms with van der Waals surface area (Å²) in [6.07, 6.45) is 0. The van der Waals surface area contributed by atoms with Gasteiger partial charge in [0.15, 0.2) is 5.69 Å². The van der Waals surface area contributed by atoms with Gasteiger partial charge in [0.25, 0.3) is 5.69 Å². The van der Waals surface area contributed by atoms with Crippen LogP contribution in [0.15, 0.2) is 69.9 Å². The van der Waals surface area contributed by atoms with Gasteiger partial charge in [0.2, 0.25) is 0 Å². The van der Waals surface area contributed by atoms with Crippen molar-refractivity contribution in [3.8, 4) is 0 Å². The molecule has 2 aromatic rings. The third kappa shape index (κ3) is 2.76. The van der Waals surface area contributed by atoms with Gasteiger partial charge in [-0.05, 0) is 23.1 Å². The summed E-state index contributed by atoms with van der Waals surface area (Å²) >= 11 is 0. The summed E-state index contributed by atoms with van der Waals surface area (Å²) < 4.78 is 0. The van der Waals surface area contributed by atoms with Gasteiger partial charge < -0.3 is 5.21 Å². The standard InChI is InChI=1S/C13H12N4O/c1-14-15-12-9-5-6-10-13(12)17(18)16-11-7-3-2-4-8-11/h2-10H,1H3. The lowest BCUT2D eigenvalue weighted by atomic mass is 10.3. The molecule has 0 bridgehead atoms. The van der Waals surface area contributed by atoms with E-state index in [-0.39, 0.29) is 0 Å². The van der Waals surface area contributed by atoms with Crippen LogP contribution in [-0.4, -0.2) is 11.9 Å². The first-order valence-corrected chi connectivity index (χ1v) is 5.44. The molecule has 0 heterocycles. The maximum absolute atomic E-state index is 12.0. The molecule has 5 heteroatoms. The first kappa shape index (κ1) is 11.9. The first-order chi connectivity index (χ1) is 8.81. The van der Waals surface area contributed by atoms with E-state index in [1.165, 1.54) is 0 Å². The Morgan fingerprint density at radius 1 is 0.944 bits per heavy atom. The van der Waals surface area contributed by atoms with Crippen molar-refractivity contribution < 1.29 is 4.86 Å². The molecule has 0 spiro atoms. The molecule has 5 nitrogen and oxygen atoms in total. The fourth-order valence-electron chi connectivity index (χ4n) is 1.47. The van der Waals surface area contributed by atoms with E-state index in [2.05, 4.69) is 15.3 Å². The largest absolute Gasteiger partial charge is 0.594 e. The lowest BCUT2D eigenvalue weighted by Crippen LogP contribution is -1.90. The van der Waals surface area contributed by atoms with Gasteiger partial charge >= 0.3 is 0 Å². The smallest absolute Gasteiger partial charge is 0.272 e. The highest BCUT2D eigenvalue weighted by Crippen LogP contribution is 2.28. The molecule has 0 aliphatic heterocycles. The Bertz CT molecular complexity index is 579. The monoisotopic (exact) mass is 240 g/mol. The molecule has 0 aliphatic rings. The van der Waals surface area contributed by atoms with Crippen LogP contribution >= 0.6 is 0 Å². The summed E-state index contributed by atoms with van der Waals surface area (Å²) in [5.74, 6) is 0. The van der Waals surface area contributed by atoms with Crippen molar-refractivity contribution in [1.29, 1.82) is 0 Å². The van der Waals surface area contributed by atoms with E-state index in [0.29, 0.717) is 21.9 Å². The molecule has 0 saturated carbocycles. The van der Waals surface area contributed by atoms with Crippen LogP contribution in [0.25, 0.3) is 0 Å². The van der Waals surface area contributed by atoms with Gasteiger partial charge in [0, 0.05) is 18.2 Å². The van der Waals surface area contributed by atoms with Gasteiger partial charge in [-0.2, -0.15) is 5.11 Å². The average Bonchev–Trinajstić information content (AvgIpc) is 2.41. The fourth-order valence-corrected chi connectivity index (χ4v) is 1.47. The summed E-state index contributed by atoms with van der Waals surface area (Å²) in [6, 6.07) is 16.0. The Balaban J connectivity index is 2.40. The van der Waals surface area contributed by atoms with E-state index in [9.17, 15) is 5.21 Å². The Morgan fingerprint density at radius 3 is 2.33 bits per heavy atom. The van der Waals surface area contributed by atoms with Crippen LogP contribution in [-0.2, 0) is 0 Å². The third-order valence-electron chi connectivity index (χ3n) is 2.26. The molecule has 90 valence electrons. The number of nitrogens with zero attached hydrogens (tertiary/aromatic N) is 4. The van der Waals surface area contributed by atoms with E-state index in [1.807, 2.05) is 18.2 Å². The number of para-hydroxylation sites is 1. The number of hydrogen-bond acceptors (Lipinski definition) is 4. The molecule has 0 aliphatic carbocycles. The van der Waals surface area contributed by atoms with Crippen molar-refractivity contribution in [2.45, 2.75) is 0 Å². The van der Waals surface area contributed by atoms with Gasteiger partial charge in [0.1, 0.15) is 5.69 Å². The van der Waals surface area contributed by atoms with Crippen molar-refractivity contribution in [2.24, 2.45) is 15.3 Å². The van der Waals surface area contributed by atoms with Gasteiger partial charge in [-0.15, -0.1) is 5.11 Å². The zero-order valence-corrected chi connectivity index (χ0v) is 9.89. The number of rotatable bonds is 3. The quantitative estimate of drug-likeness (QED) is 0.447. The molecular weight excluding hydrogens is 228 g/mol. The molecule has 0 unspecified atom stereocenters. The summed E-state index contributed by atoms with van der Waals surface area (Å²) in [4.78, 5) is 0.555. The zero-order chi connectivity index (χ0) is 12.8. The van der Waals surface area contributed by atoms with Gasteiger partial charge in [-0.1, -0.05) is 30.3 Å². The summed E-state index contributed by atoms with van der Waals surface area (Å²) in [6.45, 7) is 0. The highest BCUT2D eigenvalue weighted by molar-refractivity contribution is 5.56. The lowest BCUT2D eigenvalue weighted by Gasteiger charge is -2.01. The van der Waals surface area contributed by atoms with Crippen molar-refractivity contribution >= 4 is 17.1 Å². The molecule has 0 amide bonds. The second kappa shape index (κ2) is 5.67. The summed E-state index contributed by atoms with van der Waals surface area (Å²) in [5.41, 5.74) is 1.46. The summed E-state index contributed by atoms with van der Waals surface area (Å²) in [5, 5.41) is 23.5. The van der Waals surface area contributed by atoms with Crippen molar-refractivity contribution in [3.05, 3.63) is 59.8 Å². The number of hydrogen-bond donors (Lipinski definition) is 0. The molecule has 2 rings (SSSR count). The molecule has 0 saturated heterocycles. The van der Waals surface area contributed by atoms with Crippen molar-refractivity contribution in [2.75, 3.05) is 7.05 Å². The third-order valence-corrected chi connectivity index (χ3v) is 2.26. The molecular formula is C13H12N4O. The number of azo groups is 2. The maximum Gasteiger partial charge on any atom is 0.272 e. The predicted molar refractivity (Wildman–Crippen MR) is 68.7 cm³/mol. The zero-order valence-electron chi connectivity index (χ0n) is 9.89. The molecule has 0 aromatic heterocycles. The normalized spacial score (nSPS) is 11.9. The Kier molecular flexibility index (Phi) is 3.76. The minimum absolute atomic E-state index is 0.368. The molecule has 0 atom stereocenters. The lowest BCUT2D eigenvalue weighted by molar-refractivity contribution is -0.434. The molecule has 0 fully saturated rings. The van der Waals surface area contributed by atoms with E-state index >= 15 is 0 Å². The second-order valence-electron chi connectivity index (χ2n) is 3.50. The maximum atomic E-state index is 12.0. The van der Waals surface area contributed by atoms with Gasteiger partial charge in [-0.25, -0.2) is 0 Å². The highest BCUT2D eigenvalue weighted by Gasteiger charge is 2.10. The van der Waals surface area contributed by atoms with E-state index in [4.69, 9.17) is 0 Å². The van der Waals surface area contributed by atoms with Crippen molar-refractivity contribution in [1.82, 2.24) is 0 Å². The highest BCUT2D eigenvalue weighted by atomic mass is 16.5. The van der Waals surface area contributed by atoms with Crippen LogP contribution in [0.2, 0.25) is 0 Å². The van der Waals surface area contributed by atoms with E-state index < -0.39 is 0 Å². The first-order valence-electron chi connectivity index (χ1n) is 5.44. The Hall–Kier alpha value is -2.56. The van der Waals surface area contributed by atoms with E-state index in [1.54, 1.807) is 43.4 Å². The van der Waals surface area contributed by atoms with Gasteiger partial charge in [0.05, 0.1) is 0 Å². The Morgan fingerprint density at radius 2 is 1.61 bits per heavy atom. The minimum Gasteiger partial charge on any atom is -0.594 e. The second-order valence-corrected chi connectivity index (χ2v) is 3.50. The summed E-state index contributed by atoms with van der Waals surface area (Å²) in [7, 11) is 1.56. The fraction of sp³-hybridized carbons (Fsp3) is 0.0769. The van der Waals surface area contributed by atoms with Crippen LogP contribution in [0, 0.1) is 5.21 Å². The molecule has 2 aromatic carbocycles. The topological polar surface area (TPSA) is 63.1 Å². The minimum atomic E-state index is 0.368. The van der Waals surface area contributed by atoms with Crippen LogP contribution < -0.4 is 0 Å². The molecule has 18 heavy (non-hydrogen) atoms. The van der Waals surface area contributed by atoms with Crippen LogP contribution in [0.3, 0.4) is 0 Å². The molecule has 0 N–H and O–H groups in total. The molecule has 0 radical (unpaired) electrons.